The van der Waals surface area contributed by atoms with Gasteiger partial charge in [-0.15, -0.1) is 0 Å². The average molecular weight is 352 g/mol. The van der Waals surface area contributed by atoms with Gasteiger partial charge in [0.25, 0.3) is 5.91 Å². The van der Waals surface area contributed by atoms with Crippen LogP contribution in [0, 0.1) is 0 Å². The number of nitrogens with zero attached hydrogens (tertiary/aromatic N) is 6. The summed E-state index contributed by atoms with van der Waals surface area (Å²) in [6, 6.07) is 5.53. The Bertz CT molecular complexity index is 931. The predicted molar refractivity (Wildman–Crippen MR) is 93.4 cm³/mol. The first-order chi connectivity index (χ1) is 12.6. The van der Waals surface area contributed by atoms with Gasteiger partial charge in [-0.3, -0.25) is 9.48 Å². The van der Waals surface area contributed by atoms with Crippen LogP contribution in [-0.4, -0.2) is 41.7 Å². The number of fused-ring (bicyclic) bond motifs is 1. The molecule has 8 heteroatoms. The molecule has 0 saturated carbocycles. The van der Waals surface area contributed by atoms with E-state index in [0.29, 0.717) is 31.3 Å². The van der Waals surface area contributed by atoms with E-state index in [-0.39, 0.29) is 5.91 Å². The lowest BCUT2D eigenvalue weighted by molar-refractivity contribution is 0.0727. The molecule has 0 spiro atoms. The molecule has 1 amide bonds. The summed E-state index contributed by atoms with van der Waals surface area (Å²) in [5.41, 5.74) is 3.51. The molecule has 0 fully saturated rings. The molecule has 0 aliphatic carbocycles. The zero-order valence-corrected chi connectivity index (χ0v) is 14.8. The molecule has 1 aliphatic rings. The highest BCUT2D eigenvalue weighted by atomic mass is 16.5. The number of ether oxygens (including phenoxy) is 1. The number of rotatable bonds is 4. The van der Waals surface area contributed by atoms with Crippen molar-refractivity contribution >= 4 is 5.91 Å². The predicted octanol–water partition coefficient (Wildman–Crippen LogP) is 1.33. The van der Waals surface area contributed by atoms with E-state index in [1.54, 1.807) is 23.3 Å². The molecule has 3 aromatic rings. The van der Waals surface area contributed by atoms with Crippen molar-refractivity contribution in [3.63, 3.8) is 0 Å². The van der Waals surface area contributed by atoms with Gasteiger partial charge in [-0.05, 0) is 6.07 Å². The SMILES string of the molecule is Cn1cnc(C(=O)N2CCc3c(c(COc4ccccn4)nn3C)C2)c1. The van der Waals surface area contributed by atoms with E-state index >= 15 is 0 Å². The van der Waals surface area contributed by atoms with Gasteiger partial charge in [0.15, 0.2) is 0 Å². The maximum atomic E-state index is 12.7. The van der Waals surface area contributed by atoms with Crippen LogP contribution in [0.5, 0.6) is 5.88 Å². The standard InChI is InChI=1S/C18H20N6O2/c1-22-10-14(20-12-22)18(25)24-8-6-16-13(9-24)15(21-23(16)2)11-26-17-5-3-4-7-19-17/h3-5,7,10,12H,6,8-9,11H2,1-2H3. The van der Waals surface area contributed by atoms with Crippen molar-refractivity contribution in [1.82, 2.24) is 29.2 Å². The zero-order valence-electron chi connectivity index (χ0n) is 14.8. The number of carbonyl (C=O) groups is 1. The van der Waals surface area contributed by atoms with Crippen molar-refractivity contribution in [2.75, 3.05) is 6.54 Å². The molecule has 0 unspecified atom stereocenters. The van der Waals surface area contributed by atoms with E-state index in [2.05, 4.69) is 15.1 Å². The Balaban J connectivity index is 1.53. The number of pyridine rings is 1. The fourth-order valence-electron chi connectivity index (χ4n) is 3.22. The minimum Gasteiger partial charge on any atom is -0.471 e. The van der Waals surface area contributed by atoms with Crippen LogP contribution < -0.4 is 4.74 Å². The first kappa shape index (κ1) is 16.3. The van der Waals surface area contributed by atoms with Gasteiger partial charge in [0.1, 0.15) is 18.0 Å². The molecule has 4 heterocycles. The summed E-state index contributed by atoms with van der Waals surface area (Å²) in [6.45, 7) is 1.49. The Hall–Kier alpha value is -3.16. The van der Waals surface area contributed by atoms with Crippen molar-refractivity contribution in [1.29, 1.82) is 0 Å². The molecule has 1 aliphatic heterocycles. The summed E-state index contributed by atoms with van der Waals surface area (Å²) in [6.07, 6.45) is 5.84. The van der Waals surface area contributed by atoms with Crippen LogP contribution in [0.15, 0.2) is 36.9 Å². The topological polar surface area (TPSA) is 78.1 Å². The number of hydrogen-bond donors (Lipinski definition) is 0. The van der Waals surface area contributed by atoms with E-state index < -0.39 is 0 Å². The molecule has 0 aromatic carbocycles. The first-order valence-electron chi connectivity index (χ1n) is 8.46. The Kier molecular flexibility index (Phi) is 4.16. The molecular weight excluding hydrogens is 332 g/mol. The van der Waals surface area contributed by atoms with Crippen LogP contribution in [0.4, 0.5) is 0 Å². The van der Waals surface area contributed by atoms with Gasteiger partial charge < -0.3 is 14.2 Å². The lowest BCUT2D eigenvalue weighted by Gasteiger charge is -2.27. The molecule has 0 radical (unpaired) electrons. The largest absolute Gasteiger partial charge is 0.471 e. The minimum absolute atomic E-state index is 0.0586. The van der Waals surface area contributed by atoms with Gasteiger partial charge in [0, 0.05) is 63.3 Å². The lowest BCUT2D eigenvalue weighted by Crippen LogP contribution is -2.36. The second-order valence-corrected chi connectivity index (χ2v) is 6.35. The van der Waals surface area contributed by atoms with Crippen LogP contribution in [0.2, 0.25) is 0 Å². The number of imidazole rings is 1. The summed E-state index contributed by atoms with van der Waals surface area (Å²) in [5, 5.41) is 4.58. The molecule has 0 atom stereocenters. The molecular formula is C18H20N6O2. The smallest absolute Gasteiger partial charge is 0.274 e. The number of hydrogen-bond acceptors (Lipinski definition) is 5. The van der Waals surface area contributed by atoms with Crippen LogP contribution in [0.3, 0.4) is 0 Å². The quantitative estimate of drug-likeness (QED) is 0.708. The van der Waals surface area contributed by atoms with E-state index in [4.69, 9.17) is 4.74 Å². The minimum atomic E-state index is -0.0586. The van der Waals surface area contributed by atoms with Crippen molar-refractivity contribution in [3.8, 4) is 5.88 Å². The molecule has 4 rings (SSSR count). The Morgan fingerprint density at radius 2 is 2.15 bits per heavy atom. The highest BCUT2D eigenvalue weighted by Crippen LogP contribution is 2.24. The second kappa shape index (κ2) is 6.62. The van der Waals surface area contributed by atoms with Gasteiger partial charge >= 0.3 is 0 Å². The maximum Gasteiger partial charge on any atom is 0.274 e. The molecule has 3 aromatic heterocycles. The van der Waals surface area contributed by atoms with Gasteiger partial charge in [0.05, 0.1) is 6.33 Å². The first-order valence-corrected chi connectivity index (χ1v) is 8.46. The molecule has 134 valence electrons. The van der Waals surface area contributed by atoms with Crippen molar-refractivity contribution in [3.05, 3.63) is 59.6 Å². The number of amides is 1. The van der Waals surface area contributed by atoms with E-state index in [1.165, 1.54) is 0 Å². The Labute approximate surface area is 151 Å². The highest BCUT2D eigenvalue weighted by molar-refractivity contribution is 5.92. The third-order valence-corrected chi connectivity index (χ3v) is 4.53. The van der Waals surface area contributed by atoms with Gasteiger partial charge in [-0.1, -0.05) is 6.07 Å². The normalized spacial score (nSPS) is 13.5. The lowest BCUT2D eigenvalue weighted by atomic mass is 10.0. The van der Waals surface area contributed by atoms with E-state index in [9.17, 15) is 4.79 Å². The zero-order chi connectivity index (χ0) is 18.1. The monoisotopic (exact) mass is 352 g/mol. The van der Waals surface area contributed by atoms with Crippen molar-refractivity contribution < 1.29 is 9.53 Å². The Morgan fingerprint density at radius 1 is 1.27 bits per heavy atom. The summed E-state index contributed by atoms with van der Waals surface area (Å²) in [5.74, 6) is 0.501. The van der Waals surface area contributed by atoms with Crippen molar-refractivity contribution in [2.45, 2.75) is 19.6 Å². The second-order valence-electron chi connectivity index (χ2n) is 6.35. The molecule has 26 heavy (non-hydrogen) atoms. The molecule has 0 N–H and O–H groups in total. The van der Waals surface area contributed by atoms with Crippen LogP contribution in [0.1, 0.15) is 27.4 Å². The van der Waals surface area contributed by atoms with Crippen molar-refractivity contribution in [2.24, 2.45) is 14.1 Å². The molecule has 0 saturated heterocycles. The molecule has 8 nitrogen and oxygen atoms in total. The number of carbonyl (C=O) groups excluding carboxylic acids is 1. The summed E-state index contributed by atoms with van der Waals surface area (Å²) in [7, 11) is 3.78. The van der Waals surface area contributed by atoms with E-state index in [0.717, 1.165) is 23.4 Å². The number of aromatic nitrogens is 5. The summed E-state index contributed by atoms with van der Waals surface area (Å²) in [4.78, 5) is 22.9. The summed E-state index contributed by atoms with van der Waals surface area (Å²) < 4.78 is 9.41. The van der Waals surface area contributed by atoms with Crippen LogP contribution >= 0.6 is 0 Å². The third-order valence-electron chi connectivity index (χ3n) is 4.53. The fraction of sp³-hybridized carbons (Fsp3) is 0.333. The van der Waals surface area contributed by atoms with Gasteiger partial charge in [0.2, 0.25) is 5.88 Å². The van der Waals surface area contributed by atoms with Crippen LogP contribution in [-0.2, 0) is 33.7 Å². The van der Waals surface area contributed by atoms with Gasteiger partial charge in [-0.2, -0.15) is 5.10 Å². The van der Waals surface area contributed by atoms with Gasteiger partial charge in [-0.25, -0.2) is 9.97 Å². The van der Waals surface area contributed by atoms with Crippen LogP contribution in [0.25, 0.3) is 0 Å². The number of aryl methyl sites for hydroxylation is 2. The average Bonchev–Trinajstić information content (AvgIpc) is 3.23. The third kappa shape index (κ3) is 3.05. The Morgan fingerprint density at radius 3 is 2.88 bits per heavy atom. The fourth-order valence-corrected chi connectivity index (χ4v) is 3.22. The van der Waals surface area contributed by atoms with E-state index in [1.807, 2.05) is 41.9 Å². The summed E-state index contributed by atoms with van der Waals surface area (Å²) >= 11 is 0. The highest BCUT2D eigenvalue weighted by Gasteiger charge is 2.28. The molecule has 0 bridgehead atoms. The maximum absolute atomic E-state index is 12.7.